The summed E-state index contributed by atoms with van der Waals surface area (Å²) < 4.78 is 7.26. The summed E-state index contributed by atoms with van der Waals surface area (Å²) in [5.74, 6) is -0.233. The molecule has 0 radical (unpaired) electrons. The maximum Gasteiger partial charge on any atom is 0.311 e. The average molecular weight is 354 g/mol. The number of nitrogens with one attached hydrogen (secondary N) is 1. The van der Waals surface area contributed by atoms with Crippen LogP contribution in [0.3, 0.4) is 0 Å². The van der Waals surface area contributed by atoms with E-state index in [0.29, 0.717) is 6.42 Å². The van der Waals surface area contributed by atoms with Gasteiger partial charge in [0.1, 0.15) is 10.9 Å². The van der Waals surface area contributed by atoms with E-state index in [4.69, 9.17) is 10.5 Å². The number of hydrogen-bond acceptors (Lipinski definition) is 8. The highest BCUT2D eigenvalue weighted by Crippen LogP contribution is 2.45. The third kappa shape index (κ3) is 2.46. The lowest BCUT2D eigenvalue weighted by Crippen LogP contribution is -2.32. The average Bonchev–Trinajstić information content (AvgIpc) is 3.22. The van der Waals surface area contributed by atoms with Crippen LogP contribution in [0.4, 0.5) is 5.95 Å². The highest BCUT2D eigenvalue weighted by Gasteiger charge is 2.46. The number of nitrogens with two attached hydrogens (primary N) is 1. The summed E-state index contributed by atoms with van der Waals surface area (Å²) in [5, 5.41) is 20.0. The van der Waals surface area contributed by atoms with Gasteiger partial charge in [0.25, 0.3) is 5.56 Å². The molecule has 3 heterocycles. The van der Waals surface area contributed by atoms with Crippen molar-refractivity contribution in [2.75, 3.05) is 12.3 Å². The second-order valence-corrected chi connectivity index (χ2v) is 7.36. The lowest BCUT2D eigenvalue weighted by molar-refractivity contribution is -0.0523. The number of thiazole rings is 1. The second kappa shape index (κ2) is 5.66. The predicted octanol–water partition coefficient (Wildman–Crippen LogP) is -0.605. The molecule has 2 aromatic heterocycles. The van der Waals surface area contributed by atoms with Crippen molar-refractivity contribution in [3.05, 3.63) is 20.0 Å². The molecular formula is C14H18N4O5S. The summed E-state index contributed by atoms with van der Waals surface area (Å²) in [4.78, 5) is 30.5. The molecule has 1 unspecified atom stereocenters. The molecule has 10 heteroatoms. The predicted molar refractivity (Wildman–Crippen MR) is 86.7 cm³/mol. The fourth-order valence-electron chi connectivity index (χ4n) is 3.41. The van der Waals surface area contributed by atoms with Crippen LogP contribution < -0.4 is 16.2 Å². The normalized spacial score (nSPS) is 28.5. The van der Waals surface area contributed by atoms with E-state index in [1.54, 1.807) is 0 Å². The van der Waals surface area contributed by atoms with Gasteiger partial charge < -0.3 is 20.7 Å². The minimum atomic E-state index is -0.771. The molecule has 1 aliphatic heterocycles. The number of H-pyrrole nitrogens is 1. The molecule has 1 saturated heterocycles. The zero-order chi connectivity index (χ0) is 17.0. The Hall–Kier alpha value is -1.75. The highest BCUT2D eigenvalue weighted by molar-refractivity contribution is 7.16. The molecule has 4 atom stereocenters. The molecular weight excluding hydrogens is 336 g/mol. The lowest BCUT2D eigenvalue weighted by Gasteiger charge is -2.24. The first-order valence-electron chi connectivity index (χ1n) is 7.84. The third-order valence-corrected chi connectivity index (χ3v) is 5.67. The van der Waals surface area contributed by atoms with Gasteiger partial charge in [-0.15, -0.1) is 0 Å². The van der Waals surface area contributed by atoms with Crippen LogP contribution in [0.15, 0.2) is 9.59 Å². The van der Waals surface area contributed by atoms with Gasteiger partial charge in [-0.25, -0.2) is 0 Å². The van der Waals surface area contributed by atoms with Crippen LogP contribution in [-0.4, -0.2) is 43.6 Å². The number of ether oxygens (including phenoxy) is 1. The van der Waals surface area contributed by atoms with Crippen molar-refractivity contribution < 1.29 is 14.9 Å². The Morgan fingerprint density at radius 1 is 1.46 bits per heavy atom. The standard InChI is InChI=1S/C14H18N4O5S/c15-13-16-10-9(11(21)17-13)24-14(22)18(10)12-7(3-6(4-19)23-12)8(20)5-1-2-5/h5-8,12,19-20H,1-4H2,(H3,15,16,17,21)/t6-,7-,8?,12+/m0/s1. The Morgan fingerprint density at radius 3 is 2.88 bits per heavy atom. The molecule has 2 fully saturated rings. The van der Waals surface area contributed by atoms with E-state index in [1.165, 1.54) is 4.57 Å². The number of nitrogen functional groups attached to an aromatic ring is 1. The summed E-state index contributed by atoms with van der Waals surface area (Å²) in [6, 6.07) is 0. The Labute approximate surface area is 139 Å². The summed E-state index contributed by atoms with van der Waals surface area (Å²) in [5.41, 5.74) is 5.28. The van der Waals surface area contributed by atoms with E-state index in [-0.39, 0.29) is 34.7 Å². The fourth-order valence-corrected chi connectivity index (χ4v) is 4.25. The third-order valence-electron chi connectivity index (χ3n) is 4.73. The van der Waals surface area contributed by atoms with Crippen molar-refractivity contribution >= 4 is 27.6 Å². The van der Waals surface area contributed by atoms with Gasteiger partial charge in [0.2, 0.25) is 5.95 Å². The number of nitrogens with zero attached hydrogens (tertiary/aromatic N) is 2. The van der Waals surface area contributed by atoms with Gasteiger partial charge in [0.05, 0.1) is 18.8 Å². The number of hydrogen-bond donors (Lipinski definition) is 4. The maximum atomic E-state index is 12.5. The number of aliphatic hydroxyl groups excluding tert-OH is 2. The van der Waals surface area contributed by atoms with Crippen LogP contribution in [0.25, 0.3) is 10.3 Å². The minimum Gasteiger partial charge on any atom is -0.394 e. The summed E-state index contributed by atoms with van der Waals surface area (Å²) in [6.07, 6.45) is 0.479. The van der Waals surface area contributed by atoms with Crippen molar-refractivity contribution in [3.63, 3.8) is 0 Å². The Balaban J connectivity index is 1.83. The Morgan fingerprint density at radius 2 is 2.21 bits per heavy atom. The maximum absolute atomic E-state index is 12.5. The van der Waals surface area contributed by atoms with Crippen LogP contribution in [0.1, 0.15) is 25.5 Å². The van der Waals surface area contributed by atoms with Gasteiger partial charge in [0, 0.05) is 5.92 Å². The zero-order valence-electron chi connectivity index (χ0n) is 12.7. The lowest BCUT2D eigenvalue weighted by atomic mass is 9.93. The van der Waals surface area contributed by atoms with Gasteiger partial charge in [-0.2, -0.15) is 4.98 Å². The van der Waals surface area contributed by atoms with Crippen molar-refractivity contribution in [1.82, 2.24) is 14.5 Å². The molecule has 4 rings (SSSR count). The van der Waals surface area contributed by atoms with E-state index in [0.717, 1.165) is 24.2 Å². The summed E-state index contributed by atoms with van der Waals surface area (Å²) >= 11 is 0.769. The van der Waals surface area contributed by atoms with E-state index in [2.05, 4.69) is 9.97 Å². The molecule has 0 bridgehead atoms. The second-order valence-electron chi connectivity index (χ2n) is 6.40. The molecule has 5 N–H and O–H groups in total. The summed E-state index contributed by atoms with van der Waals surface area (Å²) in [6.45, 7) is -0.197. The SMILES string of the molecule is Nc1nc2c(sc(=O)n2[C@@H]2O[C@H](CO)C[C@H]2C(O)C2CC2)c(=O)[nH]1. The Bertz CT molecular complexity index is 885. The number of aromatic amines is 1. The molecule has 9 nitrogen and oxygen atoms in total. The molecule has 0 spiro atoms. The van der Waals surface area contributed by atoms with Crippen molar-refractivity contribution in [2.24, 2.45) is 11.8 Å². The van der Waals surface area contributed by atoms with E-state index in [9.17, 15) is 19.8 Å². The minimum absolute atomic E-state index is 0.0879. The number of aliphatic hydroxyl groups is 2. The highest BCUT2D eigenvalue weighted by atomic mass is 32.1. The van der Waals surface area contributed by atoms with Crippen molar-refractivity contribution in [1.29, 1.82) is 0 Å². The fraction of sp³-hybridized carbons (Fsp3) is 0.643. The first kappa shape index (κ1) is 15.8. The van der Waals surface area contributed by atoms with Crippen molar-refractivity contribution in [2.45, 2.75) is 37.7 Å². The van der Waals surface area contributed by atoms with Crippen LogP contribution in [0.2, 0.25) is 0 Å². The molecule has 0 aromatic carbocycles. The van der Waals surface area contributed by atoms with Crippen LogP contribution in [0, 0.1) is 11.8 Å². The van der Waals surface area contributed by atoms with Gasteiger partial charge in [-0.1, -0.05) is 11.3 Å². The first-order chi connectivity index (χ1) is 11.5. The molecule has 1 aliphatic carbocycles. The quantitative estimate of drug-likeness (QED) is 0.574. The Kier molecular flexibility index (Phi) is 3.71. The molecule has 1 saturated carbocycles. The number of fused-ring (bicyclic) bond motifs is 1. The van der Waals surface area contributed by atoms with Gasteiger partial charge in [0.15, 0.2) is 5.65 Å². The smallest absolute Gasteiger partial charge is 0.311 e. The first-order valence-corrected chi connectivity index (χ1v) is 8.66. The van der Waals surface area contributed by atoms with Crippen molar-refractivity contribution in [3.8, 4) is 0 Å². The number of aromatic nitrogens is 3. The number of rotatable bonds is 4. The summed E-state index contributed by atoms with van der Waals surface area (Å²) in [7, 11) is 0. The van der Waals surface area contributed by atoms with Gasteiger partial charge in [-0.05, 0) is 25.2 Å². The van der Waals surface area contributed by atoms with E-state index < -0.39 is 28.9 Å². The molecule has 0 amide bonds. The van der Waals surface area contributed by atoms with E-state index in [1.807, 2.05) is 0 Å². The van der Waals surface area contributed by atoms with Gasteiger partial charge >= 0.3 is 4.87 Å². The molecule has 130 valence electrons. The van der Waals surface area contributed by atoms with Crippen LogP contribution >= 0.6 is 11.3 Å². The van der Waals surface area contributed by atoms with E-state index >= 15 is 0 Å². The molecule has 2 aliphatic rings. The van der Waals surface area contributed by atoms with Crippen LogP contribution in [0.5, 0.6) is 0 Å². The monoisotopic (exact) mass is 354 g/mol. The largest absolute Gasteiger partial charge is 0.394 e. The van der Waals surface area contributed by atoms with Crippen LogP contribution in [-0.2, 0) is 4.74 Å². The number of anilines is 1. The molecule has 2 aromatic rings. The van der Waals surface area contributed by atoms with Gasteiger partial charge in [-0.3, -0.25) is 19.1 Å². The zero-order valence-corrected chi connectivity index (χ0v) is 13.5. The topological polar surface area (TPSA) is 143 Å². The molecule has 24 heavy (non-hydrogen) atoms.